The predicted molar refractivity (Wildman–Crippen MR) is 60.2 cm³/mol. The van der Waals surface area contributed by atoms with Gasteiger partial charge in [0, 0.05) is 10.2 Å². The van der Waals surface area contributed by atoms with Crippen LogP contribution in [0.15, 0.2) is 22.7 Å². The number of carbonyl (C=O) groups is 1. The Balaban J connectivity index is 2.27. The molecule has 1 aromatic carbocycles. The molecule has 0 radical (unpaired) electrons. The molecule has 2 rings (SSSR count). The Kier molecular flexibility index (Phi) is 2.93. The summed E-state index contributed by atoms with van der Waals surface area (Å²) < 4.78 is 0.734. The zero-order valence-corrected chi connectivity index (χ0v) is 9.66. The summed E-state index contributed by atoms with van der Waals surface area (Å²) in [5.74, 6) is -0.147. The third-order valence-electron chi connectivity index (χ3n) is 2.20. The van der Waals surface area contributed by atoms with Crippen LogP contribution in [0, 0.1) is 0 Å². The molecule has 1 fully saturated rings. The van der Waals surface area contributed by atoms with Crippen LogP contribution in [0.5, 0.6) is 0 Å². The molecular weight excluding hydrogens is 260 g/mol. The van der Waals surface area contributed by atoms with Gasteiger partial charge in [0.1, 0.15) is 0 Å². The van der Waals surface area contributed by atoms with E-state index in [2.05, 4.69) is 15.9 Å². The number of rotatable bonds is 1. The van der Waals surface area contributed by atoms with Gasteiger partial charge in [-0.05, 0) is 40.5 Å². The molecule has 1 saturated heterocycles. The summed E-state index contributed by atoms with van der Waals surface area (Å²) in [6, 6.07) is 5.15. The number of nitrogens with two attached hydrogens (primary N) is 1. The van der Waals surface area contributed by atoms with Gasteiger partial charge in [-0.3, -0.25) is 9.63 Å². The smallest absolute Gasteiger partial charge is 0.278 e. The maximum Gasteiger partial charge on any atom is 0.278 e. The minimum Gasteiger partial charge on any atom is -0.399 e. The number of halogens is 1. The predicted octanol–water partition coefficient (Wildman–Crippen LogP) is 1.81. The highest BCUT2D eigenvalue weighted by atomic mass is 79.9. The van der Waals surface area contributed by atoms with Crippen LogP contribution >= 0.6 is 15.9 Å². The summed E-state index contributed by atoms with van der Waals surface area (Å²) >= 11 is 3.32. The molecule has 1 amide bonds. The summed E-state index contributed by atoms with van der Waals surface area (Å²) in [4.78, 5) is 17.1. The highest BCUT2D eigenvalue weighted by Crippen LogP contribution is 2.22. The molecule has 0 atom stereocenters. The van der Waals surface area contributed by atoms with Crippen molar-refractivity contribution in [3.05, 3.63) is 28.2 Å². The Morgan fingerprint density at radius 3 is 3.00 bits per heavy atom. The van der Waals surface area contributed by atoms with E-state index in [0.717, 1.165) is 10.9 Å². The van der Waals surface area contributed by atoms with Crippen LogP contribution < -0.4 is 5.73 Å². The van der Waals surface area contributed by atoms with E-state index in [-0.39, 0.29) is 5.91 Å². The van der Waals surface area contributed by atoms with Crippen molar-refractivity contribution < 1.29 is 9.63 Å². The highest BCUT2D eigenvalue weighted by Gasteiger charge is 2.22. The van der Waals surface area contributed by atoms with Crippen LogP contribution in [-0.4, -0.2) is 24.1 Å². The van der Waals surface area contributed by atoms with Crippen molar-refractivity contribution in [3.63, 3.8) is 0 Å². The molecule has 1 aromatic rings. The normalized spacial score (nSPS) is 15.7. The van der Waals surface area contributed by atoms with Crippen molar-refractivity contribution in [3.8, 4) is 0 Å². The molecule has 2 N–H and O–H groups in total. The van der Waals surface area contributed by atoms with Crippen LogP contribution in [0.2, 0.25) is 0 Å². The lowest BCUT2D eigenvalue weighted by atomic mass is 10.2. The van der Waals surface area contributed by atoms with E-state index < -0.39 is 0 Å². The SMILES string of the molecule is Nc1ccc(Br)c(C(=O)N2CCCO2)c1. The molecule has 0 bridgehead atoms. The van der Waals surface area contributed by atoms with Crippen molar-refractivity contribution >= 4 is 27.5 Å². The molecule has 80 valence electrons. The second-order valence-electron chi connectivity index (χ2n) is 3.33. The minimum atomic E-state index is -0.147. The first-order chi connectivity index (χ1) is 7.18. The molecule has 0 aliphatic carbocycles. The van der Waals surface area contributed by atoms with E-state index in [1.807, 2.05) is 0 Å². The number of amides is 1. The molecule has 1 aliphatic heterocycles. The highest BCUT2D eigenvalue weighted by molar-refractivity contribution is 9.10. The fourth-order valence-corrected chi connectivity index (χ4v) is 1.86. The molecule has 1 heterocycles. The van der Waals surface area contributed by atoms with Crippen molar-refractivity contribution in [1.29, 1.82) is 0 Å². The summed E-state index contributed by atoms with van der Waals surface area (Å²) in [5.41, 5.74) is 6.74. The van der Waals surface area contributed by atoms with Crippen LogP contribution in [0.3, 0.4) is 0 Å². The van der Waals surface area contributed by atoms with Gasteiger partial charge in [-0.1, -0.05) is 0 Å². The topological polar surface area (TPSA) is 55.6 Å². The Hall–Kier alpha value is -1.07. The lowest BCUT2D eigenvalue weighted by molar-refractivity contribution is -0.0768. The van der Waals surface area contributed by atoms with E-state index in [0.29, 0.717) is 24.4 Å². The van der Waals surface area contributed by atoms with Gasteiger partial charge in [0.05, 0.1) is 18.7 Å². The fourth-order valence-electron chi connectivity index (χ4n) is 1.45. The molecule has 0 aromatic heterocycles. The first kappa shape index (κ1) is 10.4. The van der Waals surface area contributed by atoms with Crippen molar-refractivity contribution in [2.75, 3.05) is 18.9 Å². The van der Waals surface area contributed by atoms with Crippen LogP contribution in [0.4, 0.5) is 5.69 Å². The van der Waals surface area contributed by atoms with E-state index >= 15 is 0 Å². The van der Waals surface area contributed by atoms with Gasteiger partial charge in [-0.25, -0.2) is 5.06 Å². The van der Waals surface area contributed by atoms with Crippen LogP contribution in [-0.2, 0) is 4.84 Å². The maximum atomic E-state index is 11.9. The van der Waals surface area contributed by atoms with Crippen LogP contribution in [0.25, 0.3) is 0 Å². The number of hydrogen-bond acceptors (Lipinski definition) is 3. The molecule has 0 unspecified atom stereocenters. The fraction of sp³-hybridized carbons (Fsp3) is 0.300. The monoisotopic (exact) mass is 270 g/mol. The number of carbonyl (C=O) groups excluding carboxylic acids is 1. The number of anilines is 1. The molecule has 5 heteroatoms. The van der Waals surface area contributed by atoms with Gasteiger partial charge in [0.25, 0.3) is 5.91 Å². The van der Waals surface area contributed by atoms with Gasteiger partial charge in [-0.15, -0.1) is 0 Å². The van der Waals surface area contributed by atoms with Crippen LogP contribution in [0.1, 0.15) is 16.8 Å². The molecule has 4 nitrogen and oxygen atoms in total. The first-order valence-corrected chi connectivity index (χ1v) is 5.47. The third kappa shape index (κ3) is 2.13. The lowest BCUT2D eigenvalue weighted by Gasteiger charge is -2.14. The van der Waals surface area contributed by atoms with Gasteiger partial charge >= 0.3 is 0 Å². The number of nitrogen functional groups attached to an aromatic ring is 1. The number of hydroxylamine groups is 2. The largest absolute Gasteiger partial charge is 0.399 e. The number of hydrogen-bond donors (Lipinski definition) is 1. The Bertz CT molecular complexity index is 389. The zero-order chi connectivity index (χ0) is 10.8. The van der Waals surface area contributed by atoms with E-state index in [4.69, 9.17) is 10.6 Å². The van der Waals surface area contributed by atoms with Crippen molar-refractivity contribution in [1.82, 2.24) is 5.06 Å². The zero-order valence-electron chi connectivity index (χ0n) is 8.07. The second kappa shape index (κ2) is 4.20. The molecule has 15 heavy (non-hydrogen) atoms. The summed E-state index contributed by atoms with van der Waals surface area (Å²) in [5, 5.41) is 1.37. The van der Waals surface area contributed by atoms with Crippen molar-refractivity contribution in [2.45, 2.75) is 6.42 Å². The summed E-state index contributed by atoms with van der Waals surface area (Å²) in [6.45, 7) is 1.24. The van der Waals surface area contributed by atoms with Gasteiger partial charge in [0.15, 0.2) is 0 Å². The minimum absolute atomic E-state index is 0.147. The standard InChI is InChI=1S/C10H11BrN2O2/c11-9-3-2-7(12)6-8(9)10(14)13-4-1-5-15-13/h2-3,6H,1,4-5,12H2. The number of nitrogens with zero attached hydrogens (tertiary/aromatic N) is 1. The second-order valence-corrected chi connectivity index (χ2v) is 4.19. The average Bonchev–Trinajstić information content (AvgIpc) is 2.74. The van der Waals surface area contributed by atoms with E-state index in [1.54, 1.807) is 18.2 Å². The first-order valence-electron chi connectivity index (χ1n) is 4.68. The van der Waals surface area contributed by atoms with Gasteiger partial charge < -0.3 is 5.73 Å². The molecular formula is C10H11BrN2O2. The quantitative estimate of drug-likeness (QED) is 0.792. The average molecular weight is 271 g/mol. The Morgan fingerprint density at radius 2 is 2.33 bits per heavy atom. The van der Waals surface area contributed by atoms with Gasteiger partial charge in [0.2, 0.25) is 0 Å². The summed E-state index contributed by atoms with van der Waals surface area (Å²) in [6.07, 6.45) is 0.881. The maximum absolute atomic E-state index is 11.9. The number of benzene rings is 1. The lowest BCUT2D eigenvalue weighted by Crippen LogP contribution is -2.26. The molecule has 1 aliphatic rings. The Labute approximate surface area is 96.1 Å². The Morgan fingerprint density at radius 1 is 1.53 bits per heavy atom. The van der Waals surface area contributed by atoms with Crippen molar-refractivity contribution in [2.24, 2.45) is 0 Å². The summed E-state index contributed by atoms with van der Waals surface area (Å²) in [7, 11) is 0. The molecule has 0 spiro atoms. The van der Waals surface area contributed by atoms with Gasteiger partial charge in [-0.2, -0.15) is 0 Å². The third-order valence-corrected chi connectivity index (χ3v) is 2.89. The molecule has 0 saturated carbocycles. The van der Waals surface area contributed by atoms with E-state index in [9.17, 15) is 4.79 Å². The van der Waals surface area contributed by atoms with E-state index in [1.165, 1.54) is 5.06 Å².